The van der Waals surface area contributed by atoms with Gasteiger partial charge in [-0.25, -0.2) is 0 Å². The van der Waals surface area contributed by atoms with Crippen LogP contribution in [0, 0.1) is 17.0 Å². The number of amides is 1. The van der Waals surface area contributed by atoms with E-state index in [0.29, 0.717) is 6.54 Å². The number of carbonyl (C=O) groups is 1. The zero-order valence-electron chi connectivity index (χ0n) is 11.8. The van der Waals surface area contributed by atoms with Crippen LogP contribution in [0.25, 0.3) is 0 Å². The van der Waals surface area contributed by atoms with Crippen molar-refractivity contribution < 1.29 is 9.72 Å². The summed E-state index contributed by atoms with van der Waals surface area (Å²) in [6.07, 6.45) is 2.98. The van der Waals surface area contributed by atoms with Crippen molar-refractivity contribution in [2.75, 3.05) is 18.9 Å². The Kier molecular flexibility index (Phi) is 6.64. The molecule has 0 fully saturated rings. The molecule has 0 saturated heterocycles. The zero-order chi connectivity index (χ0) is 15.1. The van der Waals surface area contributed by atoms with Crippen LogP contribution in [0.4, 0.5) is 5.69 Å². The van der Waals surface area contributed by atoms with Gasteiger partial charge in [-0.3, -0.25) is 14.9 Å². The number of nitro benzene ring substituents is 1. The monoisotopic (exact) mass is 342 g/mol. The summed E-state index contributed by atoms with van der Waals surface area (Å²) in [7, 11) is 1.68. The second-order valence-corrected chi connectivity index (χ2v) is 5.55. The molecule has 0 radical (unpaired) electrons. The van der Waals surface area contributed by atoms with E-state index in [1.165, 1.54) is 6.07 Å². The third-order valence-electron chi connectivity index (χ3n) is 3.05. The van der Waals surface area contributed by atoms with Gasteiger partial charge in [-0.15, -0.1) is 0 Å². The summed E-state index contributed by atoms with van der Waals surface area (Å²) < 4.78 is 0. The van der Waals surface area contributed by atoms with Crippen molar-refractivity contribution in [1.82, 2.24) is 4.90 Å². The standard InChI is InChI=1S/C14H19BrN2O3/c1-11-6-7-13(17(19)20)12(10-11)14(18)16(2)9-5-3-4-8-15/h6-7,10H,3-5,8-9H2,1-2H3. The van der Waals surface area contributed by atoms with Crippen molar-refractivity contribution in [3.63, 3.8) is 0 Å². The number of alkyl halides is 1. The quantitative estimate of drug-likeness (QED) is 0.329. The Labute approximate surface area is 127 Å². The lowest BCUT2D eigenvalue weighted by Gasteiger charge is -2.17. The SMILES string of the molecule is Cc1ccc([N+](=O)[O-])c(C(=O)N(C)CCCCCBr)c1. The number of hydrogen-bond donors (Lipinski definition) is 0. The number of carbonyl (C=O) groups excluding carboxylic acids is 1. The lowest BCUT2D eigenvalue weighted by Crippen LogP contribution is -2.28. The highest BCUT2D eigenvalue weighted by molar-refractivity contribution is 9.09. The molecular weight excluding hydrogens is 324 g/mol. The van der Waals surface area contributed by atoms with E-state index in [2.05, 4.69) is 15.9 Å². The van der Waals surface area contributed by atoms with Crippen LogP contribution in [-0.2, 0) is 0 Å². The Morgan fingerprint density at radius 2 is 2.05 bits per heavy atom. The Morgan fingerprint density at radius 3 is 2.65 bits per heavy atom. The van der Waals surface area contributed by atoms with E-state index >= 15 is 0 Å². The summed E-state index contributed by atoms with van der Waals surface area (Å²) in [5, 5.41) is 11.9. The van der Waals surface area contributed by atoms with Crippen molar-refractivity contribution in [2.45, 2.75) is 26.2 Å². The number of hydrogen-bond acceptors (Lipinski definition) is 3. The van der Waals surface area contributed by atoms with Crippen LogP contribution in [0.2, 0.25) is 0 Å². The molecule has 0 N–H and O–H groups in total. The summed E-state index contributed by atoms with van der Waals surface area (Å²) in [6.45, 7) is 2.42. The van der Waals surface area contributed by atoms with Gasteiger partial charge in [0.15, 0.2) is 0 Å². The molecule has 0 spiro atoms. The average Bonchev–Trinajstić information content (AvgIpc) is 2.42. The maximum Gasteiger partial charge on any atom is 0.282 e. The van der Waals surface area contributed by atoms with Crippen LogP contribution in [0.3, 0.4) is 0 Å². The van der Waals surface area contributed by atoms with Crippen LogP contribution in [0.1, 0.15) is 35.2 Å². The van der Waals surface area contributed by atoms with Crippen molar-refractivity contribution in [1.29, 1.82) is 0 Å². The number of rotatable bonds is 7. The van der Waals surface area contributed by atoms with Crippen LogP contribution < -0.4 is 0 Å². The third-order valence-corrected chi connectivity index (χ3v) is 3.61. The second kappa shape index (κ2) is 7.99. The predicted molar refractivity (Wildman–Crippen MR) is 82.4 cm³/mol. The molecule has 110 valence electrons. The molecule has 1 amide bonds. The van der Waals surface area contributed by atoms with E-state index in [9.17, 15) is 14.9 Å². The Morgan fingerprint density at radius 1 is 1.35 bits per heavy atom. The van der Waals surface area contributed by atoms with E-state index < -0.39 is 4.92 Å². The molecular formula is C14H19BrN2O3. The molecule has 0 aliphatic heterocycles. The topological polar surface area (TPSA) is 63.5 Å². The fourth-order valence-electron chi connectivity index (χ4n) is 1.91. The third kappa shape index (κ3) is 4.59. The van der Waals surface area contributed by atoms with Gasteiger partial charge in [-0.1, -0.05) is 28.4 Å². The minimum Gasteiger partial charge on any atom is -0.341 e. The summed E-state index contributed by atoms with van der Waals surface area (Å²) >= 11 is 3.36. The van der Waals surface area contributed by atoms with Gasteiger partial charge in [-0.2, -0.15) is 0 Å². The lowest BCUT2D eigenvalue weighted by atomic mass is 10.1. The minimum atomic E-state index is -0.509. The number of benzene rings is 1. The normalized spacial score (nSPS) is 10.3. The van der Waals surface area contributed by atoms with Crippen molar-refractivity contribution in [3.05, 3.63) is 39.4 Å². The highest BCUT2D eigenvalue weighted by atomic mass is 79.9. The molecule has 1 aromatic rings. The number of halogens is 1. The molecule has 0 aromatic heterocycles. The molecule has 0 unspecified atom stereocenters. The maximum atomic E-state index is 12.3. The summed E-state index contributed by atoms with van der Waals surface area (Å²) in [4.78, 5) is 24.3. The van der Waals surface area contributed by atoms with Crippen LogP contribution in [0.15, 0.2) is 18.2 Å². The van der Waals surface area contributed by atoms with E-state index in [0.717, 1.165) is 30.2 Å². The number of aryl methyl sites for hydroxylation is 1. The molecule has 0 aliphatic rings. The molecule has 6 heteroatoms. The van der Waals surface area contributed by atoms with Crippen molar-refractivity contribution in [2.24, 2.45) is 0 Å². The number of nitro groups is 1. The molecule has 1 aromatic carbocycles. The summed E-state index contributed by atoms with van der Waals surface area (Å²) in [6, 6.07) is 4.61. The van der Waals surface area contributed by atoms with E-state index in [-0.39, 0.29) is 17.2 Å². The van der Waals surface area contributed by atoms with Gasteiger partial charge < -0.3 is 4.90 Å². The Hall–Kier alpha value is -1.43. The molecule has 0 bridgehead atoms. The average molecular weight is 343 g/mol. The molecule has 5 nitrogen and oxygen atoms in total. The lowest BCUT2D eigenvalue weighted by molar-refractivity contribution is -0.385. The molecule has 0 atom stereocenters. The van der Waals surface area contributed by atoms with Gasteiger partial charge in [0, 0.05) is 25.0 Å². The van der Waals surface area contributed by atoms with E-state index in [1.807, 2.05) is 6.92 Å². The van der Waals surface area contributed by atoms with Crippen LogP contribution in [0.5, 0.6) is 0 Å². The first-order valence-corrected chi connectivity index (χ1v) is 7.66. The largest absolute Gasteiger partial charge is 0.341 e. The highest BCUT2D eigenvalue weighted by Crippen LogP contribution is 2.21. The predicted octanol–water partition coefficient (Wildman–Crippen LogP) is 3.54. The van der Waals surface area contributed by atoms with Crippen LogP contribution in [-0.4, -0.2) is 34.7 Å². The molecule has 20 heavy (non-hydrogen) atoms. The van der Waals surface area contributed by atoms with Gasteiger partial charge >= 0.3 is 0 Å². The zero-order valence-corrected chi connectivity index (χ0v) is 13.4. The maximum absolute atomic E-state index is 12.3. The first kappa shape index (κ1) is 16.6. The molecule has 0 heterocycles. The van der Waals surface area contributed by atoms with Gasteiger partial charge in [-0.05, 0) is 31.4 Å². The Bertz CT molecular complexity index is 491. The van der Waals surface area contributed by atoms with Crippen molar-refractivity contribution in [3.8, 4) is 0 Å². The Balaban J connectivity index is 2.80. The first-order valence-electron chi connectivity index (χ1n) is 6.54. The van der Waals surface area contributed by atoms with Gasteiger partial charge in [0.25, 0.3) is 11.6 Å². The number of unbranched alkanes of at least 4 members (excludes halogenated alkanes) is 2. The van der Waals surface area contributed by atoms with Crippen molar-refractivity contribution >= 4 is 27.5 Å². The molecule has 0 saturated carbocycles. The summed E-state index contributed by atoms with van der Waals surface area (Å²) in [5.41, 5.74) is 0.873. The summed E-state index contributed by atoms with van der Waals surface area (Å²) in [5.74, 6) is -0.292. The molecule has 1 rings (SSSR count). The van der Waals surface area contributed by atoms with E-state index in [1.54, 1.807) is 24.1 Å². The fourth-order valence-corrected chi connectivity index (χ4v) is 2.30. The van der Waals surface area contributed by atoms with Crippen LogP contribution >= 0.6 is 15.9 Å². The van der Waals surface area contributed by atoms with E-state index in [4.69, 9.17) is 0 Å². The minimum absolute atomic E-state index is 0.132. The fraction of sp³-hybridized carbons (Fsp3) is 0.500. The van der Waals surface area contributed by atoms with Gasteiger partial charge in [0.1, 0.15) is 5.56 Å². The molecule has 0 aliphatic carbocycles. The smallest absolute Gasteiger partial charge is 0.282 e. The first-order chi connectivity index (χ1) is 9.47. The van der Waals surface area contributed by atoms with Gasteiger partial charge in [0.2, 0.25) is 0 Å². The van der Waals surface area contributed by atoms with Gasteiger partial charge in [0.05, 0.1) is 4.92 Å². The number of nitrogens with zero attached hydrogens (tertiary/aromatic N) is 2. The highest BCUT2D eigenvalue weighted by Gasteiger charge is 2.22. The second-order valence-electron chi connectivity index (χ2n) is 4.75.